The number of ether oxygens (including phenoxy) is 1. The number of aromatic nitrogens is 3. The minimum atomic E-state index is -0.701. The molecule has 1 amide bonds. The Kier molecular flexibility index (Phi) is 5.39. The van der Waals surface area contributed by atoms with Crippen molar-refractivity contribution in [3.8, 4) is 0 Å². The normalized spacial score (nSPS) is 23.3. The van der Waals surface area contributed by atoms with Crippen LogP contribution in [0.2, 0.25) is 0 Å². The van der Waals surface area contributed by atoms with Crippen LogP contribution in [0.4, 0.5) is 15.8 Å². The molecule has 3 aliphatic rings. The molecule has 2 atom stereocenters. The summed E-state index contributed by atoms with van der Waals surface area (Å²) in [5.41, 5.74) is 3.18. The van der Waals surface area contributed by atoms with Gasteiger partial charge in [-0.25, -0.2) is 4.39 Å². The van der Waals surface area contributed by atoms with Gasteiger partial charge in [0.1, 0.15) is 12.1 Å². The second kappa shape index (κ2) is 8.71. The summed E-state index contributed by atoms with van der Waals surface area (Å²) in [6.07, 6.45) is 4.85. The van der Waals surface area contributed by atoms with Crippen LogP contribution in [-0.4, -0.2) is 45.3 Å². The highest BCUT2D eigenvalue weighted by atomic mass is 19.1. The maximum absolute atomic E-state index is 15.1. The minimum Gasteiger partial charge on any atom is -0.362 e. The molecule has 4 heterocycles. The van der Waals surface area contributed by atoms with Crippen molar-refractivity contribution >= 4 is 28.1 Å². The van der Waals surface area contributed by atoms with Gasteiger partial charge in [-0.05, 0) is 72.8 Å². The maximum Gasteiger partial charge on any atom is 0.263 e. The van der Waals surface area contributed by atoms with Gasteiger partial charge in [-0.15, -0.1) is 10.2 Å². The van der Waals surface area contributed by atoms with Gasteiger partial charge < -0.3 is 9.30 Å². The fraction of sp³-hybridized carbons (Fsp3) is 0.367. The number of carbonyl (C=O) groups excluding carboxylic acids is 1. The van der Waals surface area contributed by atoms with E-state index in [0.29, 0.717) is 34.5 Å². The molecule has 3 aromatic carbocycles. The SMILES string of the molecule is C[C@H]1CCCN(Cc2cc3c4c(ccc(F)c4c2)N(c2cccc(C4(c5nncn5C)CCO4)c2)C3=O)C1. The van der Waals surface area contributed by atoms with Gasteiger partial charge in [0.05, 0.1) is 17.9 Å². The van der Waals surface area contributed by atoms with Gasteiger partial charge >= 0.3 is 0 Å². The van der Waals surface area contributed by atoms with Crippen LogP contribution < -0.4 is 4.90 Å². The lowest BCUT2D eigenvalue weighted by Crippen LogP contribution is -2.44. The molecular formula is C30H30FN5O2. The van der Waals surface area contributed by atoms with Gasteiger partial charge in [0.2, 0.25) is 0 Å². The molecule has 38 heavy (non-hydrogen) atoms. The van der Waals surface area contributed by atoms with Gasteiger partial charge in [0, 0.05) is 43.0 Å². The van der Waals surface area contributed by atoms with E-state index in [0.717, 1.165) is 48.7 Å². The molecule has 2 fully saturated rings. The topological polar surface area (TPSA) is 63.5 Å². The van der Waals surface area contributed by atoms with Crippen molar-refractivity contribution < 1.29 is 13.9 Å². The molecule has 2 saturated heterocycles. The number of hydrogen-bond acceptors (Lipinski definition) is 5. The van der Waals surface area contributed by atoms with E-state index < -0.39 is 5.60 Å². The quantitative estimate of drug-likeness (QED) is 0.364. The summed E-state index contributed by atoms with van der Waals surface area (Å²) >= 11 is 0. The monoisotopic (exact) mass is 511 g/mol. The number of rotatable bonds is 5. The summed E-state index contributed by atoms with van der Waals surface area (Å²) in [6, 6.07) is 14.9. The highest BCUT2D eigenvalue weighted by Gasteiger charge is 2.46. The lowest BCUT2D eigenvalue weighted by molar-refractivity contribution is -0.130. The van der Waals surface area contributed by atoms with Crippen LogP contribution in [0.25, 0.3) is 10.8 Å². The zero-order valence-electron chi connectivity index (χ0n) is 21.7. The number of likely N-dealkylation sites (tertiary alicyclic amines) is 1. The molecule has 0 spiro atoms. The van der Waals surface area contributed by atoms with Gasteiger partial charge in [-0.3, -0.25) is 14.6 Å². The van der Waals surface area contributed by atoms with Crippen molar-refractivity contribution in [2.24, 2.45) is 13.0 Å². The zero-order chi connectivity index (χ0) is 26.0. The summed E-state index contributed by atoms with van der Waals surface area (Å²) in [5.74, 6) is 0.949. The Morgan fingerprint density at radius 3 is 2.79 bits per heavy atom. The van der Waals surface area contributed by atoms with E-state index in [4.69, 9.17) is 4.74 Å². The Morgan fingerprint density at radius 1 is 1.18 bits per heavy atom. The van der Waals surface area contributed by atoms with Gasteiger partial charge in [0.25, 0.3) is 5.91 Å². The Morgan fingerprint density at radius 2 is 2.05 bits per heavy atom. The Balaban J connectivity index is 1.29. The predicted molar refractivity (Wildman–Crippen MR) is 143 cm³/mol. The highest BCUT2D eigenvalue weighted by Crippen LogP contribution is 2.47. The van der Waals surface area contributed by atoms with Gasteiger partial charge in [0.15, 0.2) is 11.4 Å². The molecular weight excluding hydrogens is 481 g/mol. The molecule has 194 valence electrons. The third-order valence-electron chi connectivity index (χ3n) is 8.37. The summed E-state index contributed by atoms with van der Waals surface area (Å²) in [7, 11) is 1.90. The number of amides is 1. The molecule has 4 aromatic rings. The average molecular weight is 512 g/mol. The summed E-state index contributed by atoms with van der Waals surface area (Å²) < 4.78 is 23.1. The fourth-order valence-corrected chi connectivity index (χ4v) is 6.50. The van der Waals surface area contributed by atoms with Crippen LogP contribution in [0.5, 0.6) is 0 Å². The van der Waals surface area contributed by atoms with Crippen molar-refractivity contribution in [3.05, 3.63) is 83.2 Å². The summed E-state index contributed by atoms with van der Waals surface area (Å²) in [4.78, 5) is 18.1. The van der Waals surface area contributed by atoms with E-state index >= 15 is 4.39 Å². The van der Waals surface area contributed by atoms with Crippen LogP contribution >= 0.6 is 0 Å². The zero-order valence-corrected chi connectivity index (χ0v) is 21.7. The molecule has 0 N–H and O–H groups in total. The number of nitrogens with zero attached hydrogens (tertiary/aromatic N) is 5. The number of hydrogen-bond donors (Lipinski definition) is 0. The first-order valence-corrected chi connectivity index (χ1v) is 13.4. The van der Waals surface area contributed by atoms with E-state index in [1.165, 1.54) is 18.9 Å². The summed E-state index contributed by atoms with van der Waals surface area (Å²) in [5, 5.41) is 9.56. The highest BCUT2D eigenvalue weighted by molar-refractivity contribution is 6.28. The molecule has 1 aromatic heterocycles. The lowest BCUT2D eigenvalue weighted by Gasteiger charge is -2.41. The summed E-state index contributed by atoms with van der Waals surface area (Å²) in [6.45, 7) is 5.68. The van der Waals surface area contributed by atoms with Crippen LogP contribution in [0.3, 0.4) is 0 Å². The van der Waals surface area contributed by atoms with Crippen molar-refractivity contribution in [1.82, 2.24) is 19.7 Å². The van der Waals surface area contributed by atoms with Crippen molar-refractivity contribution in [1.29, 1.82) is 0 Å². The van der Waals surface area contributed by atoms with Crippen molar-refractivity contribution in [2.75, 3.05) is 24.6 Å². The molecule has 0 radical (unpaired) electrons. The van der Waals surface area contributed by atoms with E-state index in [-0.39, 0.29) is 11.7 Å². The van der Waals surface area contributed by atoms with E-state index in [2.05, 4.69) is 22.0 Å². The third kappa shape index (κ3) is 3.50. The molecule has 8 heteroatoms. The van der Waals surface area contributed by atoms with Gasteiger partial charge in [-0.1, -0.05) is 19.1 Å². The standard InChI is InChI=1S/C30H30FN5O2/c1-19-5-4-11-35(16-19)17-20-13-23-25(31)8-9-26-27(23)24(14-20)28(37)36(26)22-7-3-6-21(15-22)30(10-12-38-30)29-33-32-18-34(29)2/h3,6-9,13-15,18-19H,4-5,10-12,16-17H2,1-2H3/t19-,30?/m0/s1. The third-order valence-corrected chi connectivity index (χ3v) is 8.37. The van der Waals surface area contributed by atoms with Crippen LogP contribution in [-0.2, 0) is 23.9 Å². The smallest absolute Gasteiger partial charge is 0.263 e. The van der Waals surface area contributed by atoms with Crippen molar-refractivity contribution in [3.63, 3.8) is 0 Å². The van der Waals surface area contributed by atoms with Crippen LogP contribution in [0.1, 0.15) is 53.5 Å². The van der Waals surface area contributed by atoms with E-state index in [1.807, 2.05) is 48.0 Å². The number of carbonyl (C=O) groups is 1. The van der Waals surface area contributed by atoms with Crippen LogP contribution in [0, 0.1) is 11.7 Å². The molecule has 7 rings (SSSR count). The second-order valence-electron chi connectivity index (χ2n) is 11.0. The molecule has 0 aliphatic carbocycles. The largest absolute Gasteiger partial charge is 0.362 e. The molecule has 7 nitrogen and oxygen atoms in total. The number of piperidine rings is 1. The number of anilines is 2. The second-order valence-corrected chi connectivity index (χ2v) is 11.0. The molecule has 0 bridgehead atoms. The Labute approximate surface area is 220 Å². The molecule has 1 unspecified atom stereocenters. The number of halogens is 1. The first kappa shape index (κ1) is 23.5. The average Bonchev–Trinajstić information content (AvgIpc) is 3.42. The fourth-order valence-electron chi connectivity index (χ4n) is 6.50. The number of benzene rings is 3. The van der Waals surface area contributed by atoms with Gasteiger partial charge in [-0.2, -0.15) is 0 Å². The minimum absolute atomic E-state index is 0.135. The first-order valence-electron chi connectivity index (χ1n) is 13.4. The predicted octanol–water partition coefficient (Wildman–Crippen LogP) is 5.30. The number of aryl methyl sites for hydroxylation is 1. The molecule has 3 aliphatic heterocycles. The van der Waals surface area contributed by atoms with E-state index in [9.17, 15) is 4.79 Å². The molecule has 0 saturated carbocycles. The Hall–Kier alpha value is -3.62. The maximum atomic E-state index is 15.1. The van der Waals surface area contributed by atoms with Crippen molar-refractivity contribution in [2.45, 2.75) is 38.3 Å². The van der Waals surface area contributed by atoms with E-state index in [1.54, 1.807) is 17.3 Å². The Bertz CT molecular complexity index is 1580. The first-order chi connectivity index (χ1) is 18.4. The lowest BCUT2D eigenvalue weighted by atomic mass is 9.85. The van der Waals surface area contributed by atoms with Crippen LogP contribution in [0.15, 0.2) is 54.9 Å².